The molecule has 0 saturated carbocycles. The van der Waals surface area contributed by atoms with Crippen LogP contribution in [0.1, 0.15) is 5.56 Å². The number of hydrogen-bond donors (Lipinski definition) is 2. The first-order valence-electron chi connectivity index (χ1n) is 3.70. The number of aryl methyl sites for hydroxylation is 1. The van der Waals surface area contributed by atoms with Crippen molar-refractivity contribution in [2.24, 2.45) is 0 Å². The van der Waals surface area contributed by atoms with Crippen LogP contribution in [0.5, 0.6) is 5.06 Å². The van der Waals surface area contributed by atoms with Gasteiger partial charge in [0.2, 0.25) is 0 Å². The zero-order chi connectivity index (χ0) is 8.97. The van der Waals surface area contributed by atoms with Crippen LogP contribution in [-0.4, -0.2) is 29.5 Å². The van der Waals surface area contributed by atoms with Crippen LogP contribution < -0.4 is 4.74 Å². The largest absolute Gasteiger partial charge is 0.481 e. The molecule has 4 heteroatoms. The van der Waals surface area contributed by atoms with E-state index in [2.05, 4.69) is 0 Å². The number of rotatable bonds is 4. The molecule has 0 bridgehead atoms. The van der Waals surface area contributed by atoms with E-state index in [4.69, 9.17) is 14.9 Å². The Morgan fingerprint density at radius 2 is 2.42 bits per heavy atom. The van der Waals surface area contributed by atoms with Gasteiger partial charge in [0.25, 0.3) is 0 Å². The molecule has 1 atom stereocenters. The fourth-order valence-electron chi connectivity index (χ4n) is 0.731. The van der Waals surface area contributed by atoms with Crippen LogP contribution in [0.15, 0.2) is 11.4 Å². The molecular weight excluding hydrogens is 176 g/mol. The lowest BCUT2D eigenvalue weighted by Gasteiger charge is -2.08. The molecule has 1 aromatic rings. The lowest BCUT2D eigenvalue weighted by molar-refractivity contribution is 0.0546. The molecule has 1 aromatic heterocycles. The van der Waals surface area contributed by atoms with Gasteiger partial charge in [-0.2, -0.15) is 0 Å². The minimum Gasteiger partial charge on any atom is -0.481 e. The second-order valence-corrected chi connectivity index (χ2v) is 3.42. The summed E-state index contributed by atoms with van der Waals surface area (Å²) < 4.78 is 5.24. The molecule has 12 heavy (non-hydrogen) atoms. The first kappa shape index (κ1) is 9.51. The zero-order valence-corrected chi connectivity index (χ0v) is 7.67. The number of hydrogen-bond acceptors (Lipinski definition) is 4. The van der Waals surface area contributed by atoms with Gasteiger partial charge >= 0.3 is 0 Å². The number of aliphatic hydroxyl groups is 2. The lowest BCUT2D eigenvalue weighted by Crippen LogP contribution is -2.21. The third-order valence-corrected chi connectivity index (χ3v) is 2.36. The van der Waals surface area contributed by atoms with E-state index in [-0.39, 0.29) is 13.2 Å². The van der Waals surface area contributed by atoms with Crippen LogP contribution in [0.4, 0.5) is 0 Å². The van der Waals surface area contributed by atoms with E-state index in [1.807, 2.05) is 18.4 Å². The van der Waals surface area contributed by atoms with Crippen LogP contribution in [0.3, 0.4) is 0 Å². The van der Waals surface area contributed by atoms with E-state index in [9.17, 15) is 0 Å². The molecule has 1 heterocycles. The van der Waals surface area contributed by atoms with Crippen molar-refractivity contribution < 1.29 is 14.9 Å². The lowest BCUT2D eigenvalue weighted by atomic mass is 10.4. The number of thiophene rings is 1. The summed E-state index contributed by atoms with van der Waals surface area (Å²) in [6.07, 6.45) is -0.786. The van der Waals surface area contributed by atoms with E-state index in [1.165, 1.54) is 11.3 Å². The molecule has 0 aliphatic heterocycles. The maximum atomic E-state index is 8.98. The first-order chi connectivity index (χ1) is 5.74. The van der Waals surface area contributed by atoms with Crippen molar-refractivity contribution in [2.45, 2.75) is 13.0 Å². The monoisotopic (exact) mass is 188 g/mol. The molecule has 0 spiro atoms. The minimum atomic E-state index is -0.786. The highest BCUT2D eigenvalue weighted by Crippen LogP contribution is 2.24. The number of aliphatic hydroxyl groups excluding tert-OH is 2. The van der Waals surface area contributed by atoms with Gasteiger partial charge in [0.15, 0.2) is 5.06 Å². The van der Waals surface area contributed by atoms with Gasteiger partial charge in [0.05, 0.1) is 6.61 Å². The van der Waals surface area contributed by atoms with Crippen molar-refractivity contribution in [1.29, 1.82) is 0 Å². The van der Waals surface area contributed by atoms with Crippen molar-refractivity contribution in [2.75, 3.05) is 13.2 Å². The average Bonchev–Trinajstić information content (AvgIpc) is 2.47. The van der Waals surface area contributed by atoms with E-state index >= 15 is 0 Å². The van der Waals surface area contributed by atoms with E-state index in [1.54, 1.807) is 0 Å². The molecule has 0 saturated heterocycles. The molecule has 1 unspecified atom stereocenters. The van der Waals surface area contributed by atoms with Crippen molar-refractivity contribution in [1.82, 2.24) is 0 Å². The fourth-order valence-corrected chi connectivity index (χ4v) is 1.52. The summed E-state index contributed by atoms with van der Waals surface area (Å²) in [5.41, 5.74) is 1.06. The molecule has 0 aliphatic rings. The summed E-state index contributed by atoms with van der Waals surface area (Å²) >= 11 is 1.49. The Balaban J connectivity index is 2.38. The van der Waals surface area contributed by atoms with Crippen LogP contribution in [0.25, 0.3) is 0 Å². The summed E-state index contributed by atoms with van der Waals surface area (Å²) in [6, 6.07) is 1.95. The summed E-state index contributed by atoms with van der Waals surface area (Å²) in [5, 5.41) is 20.2. The van der Waals surface area contributed by atoms with Gasteiger partial charge in [-0.05, 0) is 18.4 Å². The molecule has 0 fully saturated rings. The van der Waals surface area contributed by atoms with Crippen molar-refractivity contribution in [3.63, 3.8) is 0 Å². The van der Waals surface area contributed by atoms with Crippen LogP contribution in [0, 0.1) is 6.92 Å². The first-order valence-corrected chi connectivity index (χ1v) is 4.58. The average molecular weight is 188 g/mol. The highest BCUT2D eigenvalue weighted by molar-refractivity contribution is 7.12. The van der Waals surface area contributed by atoms with Crippen molar-refractivity contribution in [3.05, 3.63) is 17.0 Å². The van der Waals surface area contributed by atoms with Crippen molar-refractivity contribution >= 4 is 11.3 Å². The maximum Gasteiger partial charge on any atom is 0.176 e. The maximum absolute atomic E-state index is 8.98. The molecule has 2 N–H and O–H groups in total. The summed E-state index contributed by atoms with van der Waals surface area (Å²) in [6.45, 7) is 1.83. The van der Waals surface area contributed by atoms with Crippen LogP contribution in [-0.2, 0) is 0 Å². The third kappa shape index (κ3) is 2.48. The predicted octanol–water partition coefficient (Wildman–Crippen LogP) is 0.789. The topological polar surface area (TPSA) is 49.7 Å². The van der Waals surface area contributed by atoms with Gasteiger partial charge in [0, 0.05) is 5.56 Å². The van der Waals surface area contributed by atoms with E-state index in [0.717, 1.165) is 10.6 Å². The Kier molecular flexibility index (Phi) is 3.52. The molecule has 1 rings (SSSR count). The summed E-state index contributed by atoms with van der Waals surface area (Å²) in [5.74, 6) is 0. The van der Waals surface area contributed by atoms with Crippen LogP contribution in [0.2, 0.25) is 0 Å². The Hall–Kier alpha value is -0.580. The van der Waals surface area contributed by atoms with Gasteiger partial charge in [0.1, 0.15) is 12.7 Å². The Bertz CT molecular complexity index is 234. The second kappa shape index (κ2) is 4.45. The molecule has 0 amide bonds. The van der Waals surface area contributed by atoms with Crippen molar-refractivity contribution in [3.8, 4) is 5.06 Å². The molecule has 0 aliphatic carbocycles. The molecule has 0 aromatic carbocycles. The summed E-state index contributed by atoms with van der Waals surface area (Å²) in [7, 11) is 0. The highest BCUT2D eigenvalue weighted by Gasteiger charge is 2.05. The van der Waals surface area contributed by atoms with Gasteiger partial charge < -0.3 is 14.9 Å². The molecule has 68 valence electrons. The standard InChI is InChI=1S/C8H12O3S/c1-6-2-3-12-8(6)11-5-7(10)4-9/h2-3,7,9-10H,4-5H2,1H3. The smallest absolute Gasteiger partial charge is 0.176 e. The minimum absolute atomic E-state index is 0.151. The predicted molar refractivity (Wildman–Crippen MR) is 47.6 cm³/mol. The Labute approximate surface area is 75.2 Å². The Morgan fingerprint density at radius 1 is 1.67 bits per heavy atom. The number of ether oxygens (including phenoxy) is 1. The zero-order valence-electron chi connectivity index (χ0n) is 6.86. The van der Waals surface area contributed by atoms with Gasteiger partial charge in [-0.3, -0.25) is 0 Å². The quantitative estimate of drug-likeness (QED) is 0.734. The fraction of sp³-hybridized carbons (Fsp3) is 0.500. The Morgan fingerprint density at radius 3 is 2.92 bits per heavy atom. The van der Waals surface area contributed by atoms with E-state index < -0.39 is 6.10 Å². The summed E-state index contributed by atoms with van der Waals surface area (Å²) in [4.78, 5) is 0. The van der Waals surface area contributed by atoms with Gasteiger partial charge in [-0.1, -0.05) is 0 Å². The third-order valence-electron chi connectivity index (χ3n) is 1.43. The SMILES string of the molecule is Cc1ccsc1OCC(O)CO. The molecule has 0 radical (unpaired) electrons. The van der Waals surface area contributed by atoms with E-state index in [0.29, 0.717) is 0 Å². The highest BCUT2D eigenvalue weighted by atomic mass is 32.1. The van der Waals surface area contributed by atoms with Crippen LogP contribution >= 0.6 is 11.3 Å². The second-order valence-electron chi connectivity index (χ2n) is 2.54. The normalized spacial score (nSPS) is 12.9. The van der Waals surface area contributed by atoms with Gasteiger partial charge in [-0.25, -0.2) is 0 Å². The molecular formula is C8H12O3S. The van der Waals surface area contributed by atoms with Gasteiger partial charge in [-0.15, -0.1) is 11.3 Å². The molecule has 3 nitrogen and oxygen atoms in total.